The highest BCUT2D eigenvalue weighted by atomic mass is 16.2. The molecule has 0 unspecified atom stereocenters. The fourth-order valence-corrected chi connectivity index (χ4v) is 3.32. The Morgan fingerprint density at radius 2 is 2.23 bits per heavy atom. The molecule has 1 aliphatic heterocycles. The molecular weight excluding hydrogens is 280 g/mol. The van der Waals surface area contributed by atoms with E-state index in [1.165, 1.54) is 19.0 Å². The molecule has 1 aromatic rings. The fraction of sp³-hybridized carbons (Fsp3) is 0.600. The second-order valence-corrected chi connectivity index (χ2v) is 6.04. The summed E-state index contributed by atoms with van der Waals surface area (Å²) in [6, 6.07) is 2.38. The highest BCUT2D eigenvalue weighted by Crippen LogP contribution is 2.29. The minimum absolute atomic E-state index is 0.176. The Hall–Kier alpha value is -2.36. The van der Waals surface area contributed by atoms with Crippen molar-refractivity contribution in [1.29, 1.82) is 5.26 Å². The van der Waals surface area contributed by atoms with E-state index in [1.54, 1.807) is 0 Å². The van der Waals surface area contributed by atoms with Gasteiger partial charge < -0.3 is 16.0 Å². The predicted octanol–water partition coefficient (Wildman–Crippen LogP) is 1.13. The zero-order chi connectivity index (χ0) is 15.5. The number of carbonyl (C=O) groups excluding carboxylic acids is 1. The third-order valence-electron chi connectivity index (χ3n) is 4.49. The van der Waals surface area contributed by atoms with Gasteiger partial charge in [-0.25, -0.2) is 4.98 Å². The molecule has 7 heteroatoms. The van der Waals surface area contributed by atoms with Crippen molar-refractivity contribution in [2.75, 3.05) is 24.1 Å². The summed E-state index contributed by atoms with van der Waals surface area (Å²) in [5.74, 6) is 1.12. The zero-order valence-corrected chi connectivity index (χ0v) is 12.5. The maximum Gasteiger partial charge on any atom is 0.224 e. The van der Waals surface area contributed by atoms with Crippen LogP contribution in [0.2, 0.25) is 0 Å². The van der Waals surface area contributed by atoms with Crippen molar-refractivity contribution in [3.63, 3.8) is 0 Å². The topological polar surface area (TPSA) is 108 Å². The van der Waals surface area contributed by atoms with Gasteiger partial charge in [-0.1, -0.05) is 12.8 Å². The number of nitrogens with zero attached hydrogens (tertiary/aromatic N) is 4. The molecule has 1 amide bonds. The van der Waals surface area contributed by atoms with Crippen LogP contribution in [0.1, 0.15) is 37.7 Å². The normalized spacial score (nSPS) is 22.0. The number of anilines is 2. The second kappa shape index (κ2) is 6.18. The van der Waals surface area contributed by atoms with E-state index in [1.807, 2.05) is 11.0 Å². The molecule has 1 aromatic heterocycles. The van der Waals surface area contributed by atoms with E-state index in [0.29, 0.717) is 25.0 Å². The van der Waals surface area contributed by atoms with Crippen LogP contribution in [-0.2, 0) is 4.79 Å². The number of hydrogen-bond acceptors (Lipinski definition) is 6. The number of likely N-dealkylation sites (tertiary alicyclic amines) is 1. The lowest BCUT2D eigenvalue weighted by Gasteiger charge is -2.24. The summed E-state index contributed by atoms with van der Waals surface area (Å²) in [5.41, 5.74) is 5.94. The number of nitrogens with one attached hydrogen (secondary N) is 1. The van der Waals surface area contributed by atoms with Crippen LogP contribution >= 0.6 is 0 Å². The highest BCUT2D eigenvalue weighted by Gasteiger charge is 2.35. The summed E-state index contributed by atoms with van der Waals surface area (Å²) < 4.78 is 0. The van der Waals surface area contributed by atoms with Crippen molar-refractivity contribution in [2.45, 2.75) is 38.1 Å². The van der Waals surface area contributed by atoms with Crippen molar-refractivity contribution in [3.05, 3.63) is 11.8 Å². The predicted molar refractivity (Wildman–Crippen MR) is 81.7 cm³/mol. The fourth-order valence-electron chi connectivity index (χ4n) is 3.32. The Morgan fingerprint density at radius 1 is 1.45 bits per heavy atom. The van der Waals surface area contributed by atoms with Gasteiger partial charge in [-0.05, 0) is 12.8 Å². The number of aromatic nitrogens is 2. The standard InChI is InChI=1S/C15H20N6O/c16-6-11-8-19-15(20-14(11)17)18-7-10-5-13(22)21(9-10)12-3-1-2-4-12/h8,10,12H,1-5,7,9H2,(H3,17,18,19,20)/t10-/m1/s1. The Morgan fingerprint density at radius 3 is 2.91 bits per heavy atom. The van der Waals surface area contributed by atoms with E-state index < -0.39 is 0 Å². The maximum absolute atomic E-state index is 12.1. The summed E-state index contributed by atoms with van der Waals surface area (Å²) in [6.07, 6.45) is 6.73. The van der Waals surface area contributed by atoms with Gasteiger partial charge in [0.1, 0.15) is 17.5 Å². The molecule has 2 heterocycles. The van der Waals surface area contributed by atoms with Crippen molar-refractivity contribution in [2.24, 2.45) is 5.92 Å². The number of carbonyl (C=O) groups is 1. The van der Waals surface area contributed by atoms with Crippen LogP contribution < -0.4 is 11.1 Å². The number of nitrogen functional groups attached to an aromatic ring is 1. The first-order valence-electron chi connectivity index (χ1n) is 7.73. The van der Waals surface area contributed by atoms with Gasteiger partial charge in [0.15, 0.2) is 0 Å². The lowest BCUT2D eigenvalue weighted by molar-refractivity contribution is -0.129. The van der Waals surface area contributed by atoms with Crippen LogP contribution in [0.4, 0.5) is 11.8 Å². The van der Waals surface area contributed by atoms with E-state index in [9.17, 15) is 4.79 Å². The van der Waals surface area contributed by atoms with Crippen molar-refractivity contribution < 1.29 is 4.79 Å². The minimum Gasteiger partial charge on any atom is -0.382 e. The molecule has 0 bridgehead atoms. The van der Waals surface area contributed by atoms with Crippen LogP contribution in [-0.4, -0.2) is 39.9 Å². The smallest absolute Gasteiger partial charge is 0.224 e. The van der Waals surface area contributed by atoms with Crippen LogP contribution in [0, 0.1) is 17.2 Å². The minimum atomic E-state index is 0.176. The van der Waals surface area contributed by atoms with Crippen LogP contribution in [0.25, 0.3) is 0 Å². The number of nitrogens with two attached hydrogens (primary N) is 1. The molecule has 1 aliphatic carbocycles. The molecule has 0 aromatic carbocycles. The van der Waals surface area contributed by atoms with E-state index in [4.69, 9.17) is 11.0 Å². The van der Waals surface area contributed by atoms with Crippen LogP contribution in [0.15, 0.2) is 6.20 Å². The van der Waals surface area contributed by atoms with Gasteiger partial charge in [0.05, 0.1) is 6.20 Å². The zero-order valence-electron chi connectivity index (χ0n) is 12.5. The SMILES string of the molecule is N#Cc1cnc(NC[C@H]2CC(=O)N(C3CCCC3)C2)nc1N. The molecule has 1 saturated carbocycles. The van der Waals surface area contributed by atoms with Gasteiger partial charge in [0.25, 0.3) is 0 Å². The monoisotopic (exact) mass is 300 g/mol. The Kier molecular flexibility index (Phi) is 4.09. The molecule has 3 N–H and O–H groups in total. The van der Waals surface area contributed by atoms with Gasteiger partial charge in [-0.3, -0.25) is 4.79 Å². The third-order valence-corrected chi connectivity index (χ3v) is 4.49. The van der Waals surface area contributed by atoms with E-state index in [-0.39, 0.29) is 23.2 Å². The van der Waals surface area contributed by atoms with E-state index in [2.05, 4.69) is 15.3 Å². The van der Waals surface area contributed by atoms with Crippen molar-refractivity contribution in [1.82, 2.24) is 14.9 Å². The van der Waals surface area contributed by atoms with Crippen molar-refractivity contribution >= 4 is 17.7 Å². The van der Waals surface area contributed by atoms with E-state index >= 15 is 0 Å². The number of nitriles is 1. The molecule has 2 fully saturated rings. The van der Waals surface area contributed by atoms with E-state index in [0.717, 1.165) is 19.4 Å². The molecule has 0 spiro atoms. The summed E-state index contributed by atoms with van der Waals surface area (Å²) >= 11 is 0. The van der Waals surface area contributed by atoms with Gasteiger partial charge in [-0.2, -0.15) is 10.2 Å². The summed E-state index contributed by atoms with van der Waals surface area (Å²) in [4.78, 5) is 22.3. The molecule has 2 aliphatic rings. The Balaban J connectivity index is 1.55. The Bertz CT molecular complexity index is 605. The summed E-state index contributed by atoms with van der Waals surface area (Å²) in [7, 11) is 0. The number of hydrogen-bond donors (Lipinski definition) is 2. The van der Waals surface area contributed by atoms with Crippen LogP contribution in [0.5, 0.6) is 0 Å². The molecule has 0 radical (unpaired) electrons. The third kappa shape index (κ3) is 2.96. The lowest BCUT2D eigenvalue weighted by atomic mass is 10.1. The molecular formula is C15H20N6O. The first-order valence-corrected chi connectivity index (χ1v) is 7.73. The first kappa shape index (κ1) is 14.6. The molecule has 22 heavy (non-hydrogen) atoms. The average Bonchev–Trinajstić information content (AvgIpc) is 3.14. The summed E-state index contributed by atoms with van der Waals surface area (Å²) in [5, 5.41) is 11.9. The largest absolute Gasteiger partial charge is 0.382 e. The maximum atomic E-state index is 12.1. The molecule has 116 valence electrons. The van der Waals surface area contributed by atoms with Gasteiger partial charge in [-0.15, -0.1) is 0 Å². The highest BCUT2D eigenvalue weighted by molar-refractivity contribution is 5.79. The Labute approximate surface area is 129 Å². The molecule has 1 atom stereocenters. The first-order chi connectivity index (χ1) is 10.7. The lowest BCUT2D eigenvalue weighted by Crippen LogP contribution is -2.34. The second-order valence-electron chi connectivity index (χ2n) is 6.04. The van der Waals surface area contributed by atoms with Crippen molar-refractivity contribution in [3.8, 4) is 6.07 Å². The van der Waals surface area contributed by atoms with Crippen LogP contribution in [0.3, 0.4) is 0 Å². The van der Waals surface area contributed by atoms with Gasteiger partial charge in [0.2, 0.25) is 11.9 Å². The van der Waals surface area contributed by atoms with Gasteiger partial charge in [0, 0.05) is 31.5 Å². The van der Waals surface area contributed by atoms with Gasteiger partial charge >= 0.3 is 0 Å². The number of rotatable bonds is 4. The molecule has 3 rings (SSSR count). The quantitative estimate of drug-likeness (QED) is 0.863. The summed E-state index contributed by atoms with van der Waals surface area (Å²) in [6.45, 7) is 1.45. The average molecular weight is 300 g/mol. The molecule has 7 nitrogen and oxygen atoms in total. The number of amides is 1. The molecule has 1 saturated heterocycles.